The molecule has 0 aromatic heterocycles. The second-order valence-electron chi connectivity index (χ2n) is 11.4. The first-order chi connectivity index (χ1) is 22.0. The van der Waals surface area contributed by atoms with E-state index in [0.29, 0.717) is 11.4 Å². The van der Waals surface area contributed by atoms with Crippen molar-refractivity contribution < 1.29 is 23.9 Å². The summed E-state index contributed by atoms with van der Waals surface area (Å²) in [4.78, 5) is 42.4. The second kappa shape index (κ2) is 12.3. The first kappa shape index (κ1) is 28.9. The number of ether oxygens (including phenoxy) is 2. The molecule has 1 N–H and O–H groups in total. The van der Waals surface area contributed by atoms with Gasteiger partial charge in [-0.1, -0.05) is 103 Å². The van der Waals surface area contributed by atoms with Crippen LogP contribution < -0.4 is 10.1 Å². The fourth-order valence-electron chi connectivity index (χ4n) is 6.57. The Morgan fingerprint density at radius 3 is 2.07 bits per heavy atom. The maximum atomic E-state index is 14.0. The Hall–Kier alpha value is -4.82. The minimum Gasteiger partial charge on any atom is -0.497 e. The summed E-state index contributed by atoms with van der Waals surface area (Å²) < 4.78 is 11.1. The summed E-state index contributed by atoms with van der Waals surface area (Å²) in [5.74, 6) is -0.374. The van der Waals surface area contributed by atoms with Crippen molar-refractivity contribution in [2.24, 2.45) is 0 Å². The van der Waals surface area contributed by atoms with E-state index in [1.54, 1.807) is 23.8 Å². The quantitative estimate of drug-likeness (QED) is 0.195. The van der Waals surface area contributed by atoms with Crippen LogP contribution in [0, 0.1) is 0 Å². The van der Waals surface area contributed by atoms with Crippen LogP contribution in [0.2, 0.25) is 0 Å². The highest BCUT2D eigenvalue weighted by Crippen LogP contribution is 2.64. The van der Waals surface area contributed by atoms with Crippen molar-refractivity contribution in [2.45, 2.75) is 41.5 Å². The van der Waals surface area contributed by atoms with E-state index in [-0.39, 0.29) is 41.9 Å². The van der Waals surface area contributed by atoms with E-state index in [4.69, 9.17) is 9.47 Å². The van der Waals surface area contributed by atoms with Gasteiger partial charge in [0.05, 0.1) is 13.5 Å². The lowest BCUT2D eigenvalue weighted by atomic mass is 9.61. The number of β-lactam (4-membered cyclic amide) rings is 1. The van der Waals surface area contributed by atoms with Crippen LogP contribution in [-0.4, -0.2) is 46.5 Å². The van der Waals surface area contributed by atoms with Crippen LogP contribution in [0.1, 0.15) is 34.1 Å². The van der Waals surface area contributed by atoms with E-state index in [9.17, 15) is 14.4 Å². The molecular formula is C37H32N2O5S. The van der Waals surface area contributed by atoms with E-state index >= 15 is 0 Å². The minimum absolute atomic E-state index is 0.0550. The average Bonchev–Trinajstić information content (AvgIpc) is 3.07. The number of rotatable bonds is 9. The summed E-state index contributed by atoms with van der Waals surface area (Å²) in [5, 5.41) is 2.48. The van der Waals surface area contributed by atoms with Crippen LogP contribution in [0.5, 0.6) is 5.75 Å². The molecule has 7 rings (SSSR count). The normalized spacial score (nSPS) is 23.2. The lowest BCUT2D eigenvalue weighted by Gasteiger charge is -2.59. The molecule has 4 aromatic rings. The van der Waals surface area contributed by atoms with Crippen LogP contribution in [0.3, 0.4) is 0 Å². The molecule has 1 saturated carbocycles. The third-order valence-electron chi connectivity index (χ3n) is 8.76. The van der Waals surface area contributed by atoms with Gasteiger partial charge in [-0.2, -0.15) is 0 Å². The Kier molecular flexibility index (Phi) is 7.90. The SMILES string of the molecule is COc1ccc(COC(=O)C2=C3[C@@H](S[C@@H]4[C@H](NC(=O)Cc5ccccc5)C(=O)N24)[C@@H](c2ccccc2)[C@@H]3c2ccccc2)cc1. The third kappa shape index (κ3) is 5.40. The number of thioether (sulfide) groups is 1. The highest BCUT2D eigenvalue weighted by Gasteiger charge is 2.63. The molecule has 0 spiro atoms. The molecule has 2 heterocycles. The van der Waals surface area contributed by atoms with Crippen LogP contribution in [0.25, 0.3) is 0 Å². The smallest absolute Gasteiger partial charge is 0.355 e. The molecule has 0 radical (unpaired) electrons. The molecule has 8 heteroatoms. The summed E-state index contributed by atoms with van der Waals surface area (Å²) in [6.45, 7) is 0.0550. The highest BCUT2D eigenvalue weighted by molar-refractivity contribution is 8.01. The number of nitrogens with zero attached hydrogens (tertiary/aromatic N) is 1. The zero-order valence-electron chi connectivity index (χ0n) is 24.7. The molecule has 3 aliphatic rings. The summed E-state index contributed by atoms with van der Waals surface area (Å²) >= 11 is 1.64. The van der Waals surface area contributed by atoms with Gasteiger partial charge in [0.25, 0.3) is 5.91 Å². The van der Waals surface area contributed by atoms with E-state index in [1.807, 2.05) is 91.0 Å². The van der Waals surface area contributed by atoms with Gasteiger partial charge < -0.3 is 14.8 Å². The molecule has 1 saturated heterocycles. The summed E-state index contributed by atoms with van der Waals surface area (Å²) in [6.07, 6.45) is 0.173. The molecule has 226 valence electrons. The molecule has 2 amide bonds. The predicted molar refractivity (Wildman–Crippen MR) is 172 cm³/mol. The van der Waals surface area contributed by atoms with E-state index < -0.39 is 17.4 Å². The molecular weight excluding hydrogens is 584 g/mol. The van der Waals surface area contributed by atoms with Crippen molar-refractivity contribution >= 4 is 29.5 Å². The number of carbonyl (C=O) groups excluding carboxylic acids is 3. The third-order valence-corrected chi connectivity index (χ3v) is 10.4. The standard InChI is InChI=1S/C37H32N2O5S/c1-43-27-19-17-24(18-20-27)22-44-37(42)33-31-29(25-13-7-3-8-14-25)30(26-15-9-4-10-16-26)34(31)45-36-32(35(41)39(33)36)38-28(40)21-23-11-5-2-6-12-23/h2-20,29-30,32,34,36H,21-22H2,1H3,(H,38,40)/t29-,30-,32+,34-,36+/m0/s1. The van der Waals surface area contributed by atoms with Crippen molar-refractivity contribution in [1.82, 2.24) is 10.2 Å². The molecule has 0 bridgehead atoms. The molecule has 4 aromatic carbocycles. The van der Waals surface area contributed by atoms with Crippen molar-refractivity contribution in [3.63, 3.8) is 0 Å². The predicted octanol–water partition coefficient (Wildman–Crippen LogP) is 5.58. The Bertz CT molecular complexity index is 1740. The Labute approximate surface area is 266 Å². The van der Waals surface area contributed by atoms with Gasteiger partial charge in [0.15, 0.2) is 0 Å². The number of nitrogens with one attached hydrogen (secondary N) is 1. The fourth-order valence-corrected chi connectivity index (χ4v) is 8.44. The van der Waals surface area contributed by atoms with Gasteiger partial charge in [-0.25, -0.2) is 4.79 Å². The maximum Gasteiger partial charge on any atom is 0.355 e. The summed E-state index contributed by atoms with van der Waals surface area (Å²) in [6, 6.07) is 36.5. The number of benzene rings is 4. The molecule has 0 unspecified atom stereocenters. The number of carbonyl (C=O) groups is 3. The lowest BCUT2D eigenvalue weighted by Crippen LogP contribution is -2.72. The Balaban J connectivity index is 1.22. The first-order valence-electron chi connectivity index (χ1n) is 15.0. The van der Waals surface area contributed by atoms with E-state index in [0.717, 1.165) is 22.3 Å². The molecule has 1 aliphatic carbocycles. The monoisotopic (exact) mass is 616 g/mol. The molecule has 2 aliphatic heterocycles. The molecule has 7 nitrogen and oxygen atoms in total. The van der Waals surface area contributed by atoms with Gasteiger partial charge in [-0.05, 0) is 40.0 Å². The van der Waals surface area contributed by atoms with Gasteiger partial charge in [0.2, 0.25) is 5.91 Å². The minimum atomic E-state index is -0.732. The van der Waals surface area contributed by atoms with Gasteiger partial charge in [-0.3, -0.25) is 14.5 Å². The summed E-state index contributed by atoms with van der Waals surface area (Å²) in [7, 11) is 1.60. The molecule has 2 fully saturated rings. The van der Waals surface area contributed by atoms with E-state index in [1.165, 1.54) is 5.56 Å². The Morgan fingerprint density at radius 1 is 0.800 bits per heavy atom. The number of hydrogen-bond donors (Lipinski definition) is 1. The highest BCUT2D eigenvalue weighted by atomic mass is 32.2. The number of methoxy groups -OCH3 is 1. The maximum absolute atomic E-state index is 14.0. The zero-order chi connectivity index (χ0) is 30.9. The van der Waals surface area contributed by atoms with Crippen LogP contribution in [0.15, 0.2) is 127 Å². The number of hydrogen-bond acceptors (Lipinski definition) is 6. The van der Waals surface area contributed by atoms with Gasteiger partial charge in [-0.15, -0.1) is 11.8 Å². The topological polar surface area (TPSA) is 84.9 Å². The number of fused-ring (bicyclic) bond motifs is 2. The summed E-state index contributed by atoms with van der Waals surface area (Å²) in [5.41, 5.74) is 5.13. The first-order valence-corrected chi connectivity index (χ1v) is 15.9. The van der Waals surface area contributed by atoms with Crippen molar-refractivity contribution in [2.75, 3.05) is 7.11 Å². The zero-order valence-corrected chi connectivity index (χ0v) is 25.5. The van der Waals surface area contributed by atoms with Crippen molar-refractivity contribution in [3.05, 3.63) is 149 Å². The van der Waals surface area contributed by atoms with Crippen LogP contribution in [-0.2, 0) is 32.1 Å². The van der Waals surface area contributed by atoms with Gasteiger partial charge in [0, 0.05) is 17.1 Å². The van der Waals surface area contributed by atoms with Crippen LogP contribution in [0.4, 0.5) is 0 Å². The van der Waals surface area contributed by atoms with Crippen molar-refractivity contribution in [1.29, 1.82) is 0 Å². The number of amides is 2. The lowest BCUT2D eigenvalue weighted by molar-refractivity contribution is -0.153. The van der Waals surface area contributed by atoms with Gasteiger partial charge >= 0.3 is 5.97 Å². The molecule has 45 heavy (non-hydrogen) atoms. The average molecular weight is 617 g/mol. The number of esters is 1. The van der Waals surface area contributed by atoms with E-state index in [2.05, 4.69) is 29.6 Å². The largest absolute Gasteiger partial charge is 0.497 e. The Morgan fingerprint density at radius 2 is 1.42 bits per heavy atom. The fraction of sp³-hybridized carbons (Fsp3) is 0.216. The molecule has 5 atom stereocenters. The van der Waals surface area contributed by atoms with Crippen molar-refractivity contribution in [3.8, 4) is 5.75 Å². The van der Waals surface area contributed by atoms with Crippen LogP contribution >= 0.6 is 11.8 Å². The van der Waals surface area contributed by atoms with Gasteiger partial charge in [0.1, 0.15) is 29.5 Å². The second-order valence-corrected chi connectivity index (χ2v) is 12.7.